The van der Waals surface area contributed by atoms with Crippen LogP contribution in [0.4, 0.5) is 23.1 Å². The van der Waals surface area contributed by atoms with Gasteiger partial charge < -0.3 is 25.4 Å². The summed E-state index contributed by atoms with van der Waals surface area (Å²) in [4.78, 5) is 20.8. The van der Waals surface area contributed by atoms with Crippen LogP contribution < -0.4 is 16.0 Å². The van der Waals surface area contributed by atoms with E-state index in [4.69, 9.17) is 9.47 Å². The monoisotopic (exact) mass is 485 g/mol. The SMILES string of the molecule is CNC(=O)c1nnc(Nc2ccc(C3(C)OCCO3)cn2)cc1Nc1ncccc1S(C)(=O)=O. The van der Waals surface area contributed by atoms with Crippen LogP contribution in [0.2, 0.25) is 0 Å². The quantitative estimate of drug-likeness (QED) is 0.448. The van der Waals surface area contributed by atoms with Gasteiger partial charge in [0, 0.05) is 37.3 Å². The summed E-state index contributed by atoms with van der Waals surface area (Å²) in [5.74, 6) is -0.552. The van der Waals surface area contributed by atoms with E-state index >= 15 is 0 Å². The zero-order chi connectivity index (χ0) is 24.3. The highest BCUT2D eigenvalue weighted by Gasteiger charge is 2.33. The van der Waals surface area contributed by atoms with Crippen molar-refractivity contribution in [3.8, 4) is 0 Å². The smallest absolute Gasteiger partial charge is 0.273 e. The van der Waals surface area contributed by atoms with Gasteiger partial charge in [-0.1, -0.05) is 0 Å². The molecule has 0 unspecified atom stereocenters. The number of rotatable bonds is 7. The molecule has 1 fully saturated rings. The third kappa shape index (κ3) is 4.95. The van der Waals surface area contributed by atoms with Crippen LogP contribution in [0.5, 0.6) is 0 Å². The Morgan fingerprint density at radius 3 is 2.47 bits per heavy atom. The minimum absolute atomic E-state index is 0.0220. The van der Waals surface area contributed by atoms with Gasteiger partial charge in [0.25, 0.3) is 5.91 Å². The Morgan fingerprint density at radius 1 is 1.06 bits per heavy atom. The minimum atomic E-state index is -3.57. The molecule has 3 N–H and O–H groups in total. The first-order valence-corrected chi connectivity index (χ1v) is 12.1. The fourth-order valence-corrected chi connectivity index (χ4v) is 4.07. The number of sulfone groups is 1. The summed E-state index contributed by atoms with van der Waals surface area (Å²) in [6, 6.07) is 7.99. The lowest BCUT2D eigenvalue weighted by Gasteiger charge is -2.22. The maximum atomic E-state index is 12.3. The van der Waals surface area contributed by atoms with Gasteiger partial charge in [0.05, 0.1) is 18.9 Å². The Hall–Kier alpha value is -3.68. The molecule has 0 aliphatic carbocycles. The second-order valence-corrected chi connectivity index (χ2v) is 9.50. The number of pyridine rings is 2. The molecule has 0 bridgehead atoms. The van der Waals surface area contributed by atoms with Crippen LogP contribution >= 0.6 is 0 Å². The van der Waals surface area contributed by atoms with Gasteiger partial charge in [-0.2, -0.15) is 0 Å². The molecule has 4 rings (SSSR count). The van der Waals surface area contributed by atoms with E-state index in [1.165, 1.54) is 31.4 Å². The second kappa shape index (κ2) is 9.29. The summed E-state index contributed by atoms with van der Waals surface area (Å²) in [5.41, 5.74) is 0.935. The number of nitrogens with zero attached hydrogens (tertiary/aromatic N) is 4. The summed E-state index contributed by atoms with van der Waals surface area (Å²) in [7, 11) is -2.12. The lowest BCUT2D eigenvalue weighted by molar-refractivity contribution is -0.149. The normalized spacial score (nSPS) is 15.0. The molecule has 0 saturated carbocycles. The second-order valence-electron chi connectivity index (χ2n) is 7.52. The average Bonchev–Trinajstić information content (AvgIpc) is 3.26. The Labute approximate surface area is 196 Å². The van der Waals surface area contributed by atoms with Crippen LogP contribution in [0.15, 0.2) is 47.6 Å². The molecule has 1 aliphatic rings. The topological polar surface area (TPSA) is 157 Å². The van der Waals surface area contributed by atoms with Crippen molar-refractivity contribution >= 4 is 38.9 Å². The fourth-order valence-electron chi connectivity index (χ4n) is 3.29. The molecule has 13 heteroatoms. The van der Waals surface area contributed by atoms with E-state index in [2.05, 4.69) is 36.1 Å². The molecule has 0 spiro atoms. The number of carbonyl (C=O) groups is 1. The molecule has 1 saturated heterocycles. The summed E-state index contributed by atoms with van der Waals surface area (Å²) in [5, 5.41) is 16.4. The molecular weight excluding hydrogens is 462 g/mol. The molecule has 0 atom stereocenters. The molecule has 0 radical (unpaired) electrons. The van der Waals surface area contributed by atoms with Gasteiger partial charge in [0.1, 0.15) is 16.5 Å². The summed E-state index contributed by atoms with van der Waals surface area (Å²) in [6.45, 7) is 2.85. The fraction of sp³-hybridized carbons (Fsp3) is 0.286. The van der Waals surface area contributed by atoms with E-state index in [-0.39, 0.29) is 27.9 Å². The Balaban J connectivity index is 1.63. The van der Waals surface area contributed by atoms with Gasteiger partial charge in [-0.25, -0.2) is 18.4 Å². The van der Waals surface area contributed by atoms with Crippen molar-refractivity contribution in [2.75, 3.05) is 37.2 Å². The molecule has 3 aromatic rings. The molecule has 4 heterocycles. The predicted molar refractivity (Wildman–Crippen MR) is 123 cm³/mol. The Kier molecular flexibility index (Phi) is 6.41. The molecule has 34 heavy (non-hydrogen) atoms. The predicted octanol–water partition coefficient (Wildman–Crippen LogP) is 1.74. The van der Waals surface area contributed by atoms with Gasteiger partial charge in [0.2, 0.25) is 0 Å². The van der Waals surface area contributed by atoms with E-state index < -0.39 is 21.5 Å². The third-order valence-corrected chi connectivity index (χ3v) is 6.17. The van der Waals surface area contributed by atoms with E-state index in [1.807, 2.05) is 13.0 Å². The van der Waals surface area contributed by atoms with Crippen molar-refractivity contribution in [2.45, 2.75) is 17.6 Å². The van der Waals surface area contributed by atoms with Crippen molar-refractivity contribution in [3.05, 3.63) is 54.0 Å². The zero-order valence-electron chi connectivity index (χ0n) is 18.7. The number of hydrogen-bond donors (Lipinski definition) is 3. The van der Waals surface area contributed by atoms with Crippen LogP contribution in [0.1, 0.15) is 23.0 Å². The summed E-state index contributed by atoms with van der Waals surface area (Å²) in [6.07, 6.45) is 4.14. The van der Waals surface area contributed by atoms with Crippen LogP contribution in [0, 0.1) is 0 Å². The first-order valence-electron chi connectivity index (χ1n) is 10.2. The standard InChI is InChI=1S/C21H23N7O5S/c1-21(32-9-10-33-21)13-6-7-16(24-12-13)26-17-11-14(18(28-27-17)20(29)22-2)25-19-15(34(3,30)31)5-4-8-23-19/h4-8,11-12H,9-10H2,1-3H3,(H,22,29)(H2,23,24,25,26,27). The van der Waals surface area contributed by atoms with Crippen LogP contribution in [-0.2, 0) is 25.1 Å². The first-order chi connectivity index (χ1) is 16.2. The molecule has 178 valence electrons. The number of hydrogen-bond acceptors (Lipinski definition) is 11. The molecule has 1 amide bonds. The number of nitrogens with one attached hydrogen (secondary N) is 3. The van der Waals surface area contributed by atoms with Crippen molar-refractivity contribution < 1.29 is 22.7 Å². The van der Waals surface area contributed by atoms with Gasteiger partial charge in [-0.15, -0.1) is 10.2 Å². The number of ether oxygens (including phenoxy) is 2. The highest BCUT2D eigenvalue weighted by Crippen LogP contribution is 2.31. The number of anilines is 4. The van der Waals surface area contributed by atoms with Crippen molar-refractivity contribution in [3.63, 3.8) is 0 Å². The van der Waals surface area contributed by atoms with Crippen LogP contribution in [0.3, 0.4) is 0 Å². The average molecular weight is 486 g/mol. The van der Waals surface area contributed by atoms with Crippen molar-refractivity contribution in [1.29, 1.82) is 0 Å². The number of carbonyl (C=O) groups excluding carboxylic acids is 1. The minimum Gasteiger partial charge on any atom is -0.354 e. The van der Waals surface area contributed by atoms with Gasteiger partial charge >= 0.3 is 0 Å². The van der Waals surface area contributed by atoms with Crippen LogP contribution in [0.25, 0.3) is 0 Å². The summed E-state index contributed by atoms with van der Waals surface area (Å²) < 4.78 is 35.6. The van der Waals surface area contributed by atoms with E-state index in [0.717, 1.165) is 11.8 Å². The zero-order valence-corrected chi connectivity index (χ0v) is 19.5. The molecular formula is C21H23N7O5S. The Bertz CT molecular complexity index is 1310. The Morgan fingerprint density at radius 2 is 1.82 bits per heavy atom. The third-order valence-electron chi connectivity index (χ3n) is 5.04. The van der Waals surface area contributed by atoms with E-state index in [1.54, 1.807) is 12.3 Å². The molecule has 3 aromatic heterocycles. The maximum Gasteiger partial charge on any atom is 0.273 e. The van der Waals surface area contributed by atoms with Crippen molar-refractivity contribution in [1.82, 2.24) is 25.5 Å². The highest BCUT2D eigenvalue weighted by atomic mass is 32.2. The lowest BCUT2D eigenvalue weighted by Crippen LogP contribution is -2.22. The summed E-state index contributed by atoms with van der Waals surface area (Å²) >= 11 is 0. The largest absolute Gasteiger partial charge is 0.354 e. The maximum absolute atomic E-state index is 12.3. The van der Waals surface area contributed by atoms with Gasteiger partial charge in [0.15, 0.2) is 27.1 Å². The lowest BCUT2D eigenvalue weighted by atomic mass is 10.1. The van der Waals surface area contributed by atoms with Crippen LogP contribution in [-0.4, -0.2) is 61.0 Å². The number of aromatic nitrogens is 4. The molecule has 0 aromatic carbocycles. The number of amides is 1. The van der Waals surface area contributed by atoms with Gasteiger partial charge in [-0.05, 0) is 31.2 Å². The first kappa shape index (κ1) is 23.5. The van der Waals surface area contributed by atoms with E-state index in [0.29, 0.717) is 19.0 Å². The van der Waals surface area contributed by atoms with Crippen molar-refractivity contribution in [2.24, 2.45) is 0 Å². The van der Waals surface area contributed by atoms with E-state index in [9.17, 15) is 13.2 Å². The highest BCUT2D eigenvalue weighted by molar-refractivity contribution is 7.90. The molecule has 12 nitrogen and oxygen atoms in total. The molecule has 1 aliphatic heterocycles. The van der Waals surface area contributed by atoms with Gasteiger partial charge in [-0.3, -0.25) is 4.79 Å².